The van der Waals surface area contributed by atoms with Gasteiger partial charge >= 0.3 is 0 Å². The van der Waals surface area contributed by atoms with Crippen LogP contribution in [0.2, 0.25) is 0 Å². The summed E-state index contributed by atoms with van der Waals surface area (Å²) in [6.45, 7) is 3.75. The van der Waals surface area contributed by atoms with Crippen molar-refractivity contribution >= 4 is 11.9 Å². The molecular formula is C20H21FN6O2. The standard InChI is InChI=1S/C20H21FN6O2/c1-13-12-15(24-25(13)2)19(29)26-8-10-27(11-9-26)20-22-17(16(21)18(28)23-20)14-6-4-3-5-7-14/h3-7,12H,8-11H2,1-2H3,(H,22,23,28). The smallest absolute Gasteiger partial charge is 0.289 e. The molecule has 150 valence electrons. The fourth-order valence-corrected chi connectivity index (χ4v) is 3.33. The van der Waals surface area contributed by atoms with Gasteiger partial charge in [-0.15, -0.1) is 0 Å². The van der Waals surface area contributed by atoms with Crippen LogP contribution in [0.25, 0.3) is 11.3 Å². The summed E-state index contributed by atoms with van der Waals surface area (Å²) in [5, 5.41) is 4.24. The van der Waals surface area contributed by atoms with Crippen LogP contribution in [-0.2, 0) is 7.05 Å². The molecule has 1 saturated heterocycles. The number of carbonyl (C=O) groups excluding carboxylic acids is 1. The van der Waals surface area contributed by atoms with Crippen molar-refractivity contribution in [1.29, 1.82) is 0 Å². The molecule has 0 radical (unpaired) electrons. The maximum absolute atomic E-state index is 14.3. The summed E-state index contributed by atoms with van der Waals surface area (Å²) >= 11 is 0. The topological polar surface area (TPSA) is 87.1 Å². The number of carbonyl (C=O) groups is 1. The first-order valence-corrected chi connectivity index (χ1v) is 9.34. The van der Waals surface area contributed by atoms with Gasteiger partial charge in [-0.1, -0.05) is 30.3 Å². The number of nitrogens with one attached hydrogen (secondary N) is 1. The Balaban J connectivity index is 1.52. The van der Waals surface area contributed by atoms with E-state index < -0.39 is 11.4 Å². The molecule has 0 unspecified atom stereocenters. The van der Waals surface area contributed by atoms with Crippen molar-refractivity contribution in [3.05, 3.63) is 64.0 Å². The fraction of sp³-hybridized carbons (Fsp3) is 0.300. The molecule has 29 heavy (non-hydrogen) atoms. The number of amides is 1. The number of nitrogens with zero attached hydrogens (tertiary/aromatic N) is 5. The van der Waals surface area contributed by atoms with Crippen LogP contribution in [0, 0.1) is 12.7 Å². The SMILES string of the molecule is Cc1cc(C(=O)N2CCN(c3nc(-c4ccccc4)c(F)c(=O)[nH]3)CC2)nn1C. The van der Waals surface area contributed by atoms with Crippen molar-refractivity contribution < 1.29 is 9.18 Å². The Morgan fingerprint density at radius 3 is 2.45 bits per heavy atom. The summed E-state index contributed by atoms with van der Waals surface area (Å²) in [6, 6.07) is 10.5. The van der Waals surface area contributed by atoms with E-state index in [-0.39, 0.29) is 11.6 Å². The molecule has 9 heteroatoms. The Hall–Kier alpha value is -3.49. The van der Waals surface area contributed by atoms with Crippen molar-refractivity contribution in [2.75, 3.05) is 31.1 Å². The van der Waals surface area contributed by atoms with E-state index in [4.69, 9.17) is 0 Å². The van der Waals surface area contributed by atoms with E-state index in [1.807, 2.05) is 17.9 Å². The van der Waals surface area contributed by atoms with Crippen molar-refractivity contribution in [3.63, 3.8) is 0 Å². The molecule has 0 bridgehead atoms. The number of H-pyrrole nitrogens is 1. The molecule has 3 aromatic rings. The maximum Gasteiger partial charge on any atom is 0.289 e. The summed E-state index contributed by atoms with van der Waals surface area (Å²) in [7, 11) is 1.80. The monoisotopic (exact) mass is 396 g/mol. The van der Waals surface area contributed by atoms with E-state index >= 15 is 0 Å². The number of rotatable bonds is 3. The molecule has 0 aliphatic carbocycles. The molecule has 1 fully saturated rings. The van der Waals surface area contributed by atoms with Gasteiger partial charge in [-0.3, -0.25) is 19.3 Å². The second-order valence-corrected chi connectivity index (χ2v) is 6.99. The predicted molar refractivity (Wildman–Crippen MR) is 106 cm³/mol. The summed E-state index contributed by atoms with van der Waals surface area (Å²) in [5.41, 5.74) is 1.08. The van der Waals surface area contributed by atoms with Crippen LogP contribution in [0.4, 0.5) is 10.3 Å². The Morgan fingerprint density at radius 2 is 1.83 bits per heavy atom. The van der Waals surface area contributed by atoms with Gasteiger partial charge in [0.15, 0.2) is 5.69 Å². The second-order valence-electron chi connectivity index (χ2n) is 6.99. The van der Waals surface area contributed by atoms with Gasteiger partial charge in [-0.25, -0.2) is 4.98 Å². The summed E-state index contributed by atoms with van der Waals surface area (Å²) in [4.78, 5) is 35.2. The Kier molecular flexibility index (Phi) is 4.87. The average Bonchev–Trinajstić information content (AvgIpc) is 3.08. The third kappa shape index (κ3) is 3.63. The highest BCUT2D eigenvalue weighted by Gasteiger charge is 2.26. The Bertz CT molecular complexity index is 1080. The molecule has 0 saturated carbocycles. The van der Waals surface area contributed by atoms with E-state index in [0.717, 1.165) is 5.69 Å². The van der Waals surface area contributed by atoms with Gasteiger partial charge in [-0.05, 0) is 13.0 Å². The highest BCUT2D eigenvalue weighted by Crippen LogP contribution is 2.21. The lowest BCUT2D eigenvalue weighted by atomic mass is 10.1. The molecule has 1 amide bonds. The number of hydrogen-bond donors (Lipinski definition) is 1. The summed E-state index contributed by atoms with van der Waals surface area (Å²) in [6.07, 6.45) is 0. The largest absolute Gasteiger partial charge is 0.339 e. The molecule has 0 spiro atoms. The highest BCUT2D eigenvalue weighted by atomic mass is 19.1. The van der Waals surface area contributed by atoms with E-state index in [0.29, 0.717) is 43.4 Å². The number of piperazine rings is 1. The molecule has 8 nitrogen and oxygen atoms in total. The van der Waals surface area contributed by atoms with Gasteiger partial charge < -0.3 is 9.80 Å². The molecule has 1 aromatic carbocycles. The molecule has 1 aliphatic heterocycles. The van der Waals surface area contributed by atoms with Crippen molar-refractivity contribution in [2.45, 2.75) is 6.92 Å². The minimum absolute atomic E-state index is 0.0202. The Labute approximate surface area is 166 Å². The lowest BCUT2D eigenvalue weighted by molar-refractivity contribution is 0.0739. The second kappa shape index (κ2) is 7.50. The minimum atomic E-state index is -0.903. The fourth-order valence-electron chi connectivity index (χ4n) is 3.33. The van der Waals surface area contributed by atoms with E-state index in [9.17, 15) is 14.0 Å². The number of benzene rings is 1. The van der Waals surface area contributed by atoms with Crippen LogP contribution in [0.5, 0.6) is 0 Å². The van der Waals surface area contributed by atoms with Gasteiger partial charge in [0, 0.05) is 44.5 Å². The minimum Gasteiger partial charge on any atom is -0.339 e. The first kappa shape index (κ1) is 18.9. The zero-order chi connectivity index (χ0) is 20.5. The molecule has 0 atom stereocenters. The number of aryl methyl sites for hydroxylation is 2. The van der Waals surface area contributed by atoms with Gasteiger partial charge in [-0.2, -0.15) is 9.49 Å². The molecule has 3 heterocycles. The lowest BCUT2D eigenvalue weighted by Gasteiger charge is -2.34. The zero-order valence-corrected chi connectivity index (χ0v) is 16.2. The van der Waals surface area contributed by atoms with Crippen LogP contribution in [-0.4, -0.2) is 56.7 Å². The molecular weight excluding hydrogens is 375 g/mol. The van der Waals surface area contributed by atoms with Gasteiger partial charge in [0.05, 0.1) is 0 Å². The normalized spacial score (nSPS) is 14.3. The van der Waals surface area contributed by atoms with Crippen LogP contribution >= 0.6 is 0 Å². The quantitative estimate of drug-likeness (QED) is 0.726. The first-order chi connectivity index (χ1) is 13.9. The van der Waals surface area contributed by atoms with Crippen molar-refractivity contribution in [2.24, 2.45) is 7.05 Å². The third-order valence-electron chi connectivity index (χ3n) is 5.10. The number of hydrogen-bond acceptors (Lipinski definition) is 5. The summed E-state index contributed by atoms with van der Waals surface area (Å²) in [5.74, 6) is -0.728. The van der Waals surface area contributed by atoms with Crippen molar-refractivity contribution in [3.8, 4) is 11.3 Å². The zero-order valence-electron chi connectivity index (χ0n) is 16.2. The highest BCUT2D eigenvalue weighted by molar-refractivity contribution is 5.92. The number of halogens is 1. The van der Waals surface area contributed by atoms with Crippen LogP contribution in [0.3, 0.4) is 0 Å². The number of aromatic nitrogens is 4. The Morgan fingerprint density at radius 1 is 1.14 bits per heavy atom. The summed E-state index contributed by atoms with van der Waals surface area (Å²) < 4.78 is 16.0. The maximum atomic E-state index is 14.3. The molecule has 1 aliphatic rings. The predicted octanol–water partition coefficient (Wildman–Crippen LogP) is 1.58. The lowest BCUT2D eigenvalue weighted by Crippen LogP contribution is -2.49. The van der Waals surface area contributed by atoms with E-state index in [1.54, 1.807) is 47.0 Å². The van der Waals surface area contributed by atoms with Crippen LogP contribution < -0.4 is 10.5 Å². The number of aromatic amines is 1. The third-order valence-corrected chi connectivity index (χ3v) is 5.10. The first-order valence-electron chi connectivity index (χ1n) is 9.34. The average molecular weight is 396 g/mol. The van der Waals surface area contributed by atoms with Gasteiger partial charge in [0.25, 0.3) is 11.5 Å². The van der Waals surface area contributed by atoms with Gasteiger partial charge in [0.1, 0.15) is 5.69 Å². The number of anilines is 1. The van der Waals surface area contributed by atoms with Crippen LogP contribution in [0.1, 0.15) is 16.2 Å². The molecule has 2 aromatic heterocycles. The molecule has 4 rings (SSSR count). The van der Waals surface area contributed by atoms with Crippen LogP contribution in [0.15, 0.2) is 41.2 Å². The van der Waals surface area contributed by atoms with E-state index in [2.05, 4.69) is 15.1 Å². The van der Waals surface area contributed by atoms with Gasteiger partial charge in [0.2, 0.25) is 11.8 Å². The molecule has 1 N–H and O–H groups in total. The van der Waals surface area contributed by atoms with E-state index in [1.165, 1.54) is 0 Å². The van der Waals surface area contributed by atoms with Crippen molar-refractivity contribution in [1.82, 2.24) is 24.6 Å².